The van der Waals surface area contributed by atoms with Crippen LogP contribution < -0.4 is 0 Å². The zero-order valence-electron chi connectivity index (χ0n) is 19.8. The molecular formula is C29H46O. The summed E-state index contributed by atoms with van der Waals surface area (Å²) >= 11 is 0. The Labute approximate surface area is 185 Å². The second-order valence-corrected chi connectivity index (χ2v) is 13.4. The van der Waals surface area contributed by atoms with Crippen molar-refractivity contribution in [3.63, 3.8) is 0 Å². The molecule has 168 valence electrons. The van der Waals surface area contributed by atoms with Crippen LogP contribution in [0.1, 0.15) is 117 Å². The Morgan fingerprint density at radius 2 is 1.00 bits per heavy atom. The molecule has 0 aliphatic heterocycles. The molecule has 0 amide bonds. The van der Waals surface area contributed by atoms with E-state index >= 15 is 4.79 Å². The first-order chi connectivity index (χ1) is 14.6. The molecule has 6 unspecified atom stereocenters. The van der Waals surface area contributed by atoms with E-state index in [-0.39, 0.29) is 10.8 Å². The van der Waals surface area contributed by atoms with Gasteiger partial charge in [0.25, 0.3) is 0 Å². The summed E-state index contributed by atoms with van der Waals surface area (Å²) in [5, 5.41) is 0. The molecule has 8 fully saturated rings. The molecule has 30 heavy (non-hydrogen) atoms. The van der Waals surface area contributed by atoms with Gasteiger partial charge in [0.2, 0.25) is 0 Å². The number of Topliss-reactive ketones (excluding diaryl/α,β-unsaturated/α-hetero) is 1. The highest BCUT2D eigenvalue weighted by Gasteiger charge is 2.67. The van der Waals surface area contributed by atoms with E-state index in [1.165, 1.54) is 103 Å². The first kappa shape index (κ1) is 20.3. The van der Waals surface area contributed by atoms with Gasteiger partial charge in [0.1, 0.15) is 5.78 Å². The Hall–Kier alpha value is -0.330. The molecule has 0 saturated heterocycles. The fourth-order valence-electron chi connectivity index (χ4n) is 11.4. The van der Waals surface area contributed by atoms with E-state index < -0.39 is 0 Å². The predicted octanol–water partition coefficient (Wildman–Crippen LogP) is 7.82. The molecule has 1 nitrogen and oxygen atoms in total. The van der Waals surface area contributed by atoms with Crippen molar-refractivity contribution in [1.29, 1.82) is 0 Å². The van der Waals surface area contributed by atoms with Gasteiger partial charge >= 0.3 is 0 Å². The lowest BCUT2D eigenvalue weighted by atomic mass is 9.36. The summed E-state index contributed by atoms with van der Waals surface area (Å²) in [4.78, 5) is 15.1. The molecule has 0 aromatic carbocycles. The maximum atomic E-state index is 15.1. The largest absolute Gasteiger partial charge is 0.298 e. The normalized spacial score (nSPS) is 52.9. The summed E-state index contributed by atoms with van der Waals surface area (Å²) in [6, 6.07) is 0. The van der Waals surface area contributed by atoms with E-state index in [0.717, 1.165) is 53.1 Å². The van der Waals surface area contributed by atoms with Gasteiger partial charge in [-0.25, -0.2) is 0 Å². The van der Waals surface area contributed by atoms with Crippen molar-refractivity contribution in [1.82, 2.24) is 0 Å². The Balaban J connectivity index is 1.38. The van der Waals surface area contributed by atoms with Crippen LogP contribution in [0.5, 0.6) is 0 Å². The van der Waals surface area contributed by atoms with Crippen LogP contribution >= 0.6 is 0 Å². The summed E-state index contributed by atoms with van der Waals surface area (Å²) in [6.45, 7) is 4.70. The smallest absolute Gasteiger partial charge is 0.145 e. The minimum Gasteiger partial charge on any atom is -0.298 e. The highest BCUT2D eigenvalue weighted by molar-refractivity contribution is 5.92. The standard InChI is InChI=1S/C29H46O/c1-3-5-7-25-23-11-19-9-20(12-23)16-28(25,15-19)27(30)29-17-21-10-22(18-29)14-24(13-21)26(29)8-6-4-2/h19-26H,3-18H2,1-2H3. The Kier molecular flexibility index (Phi) is 4.97. The third-order valence-corrected chi connectivity index (χ3v) is 11.7. The van der Waals surface area contributed by atoms with E-state index in [1.54, 1.807) is 0 Å². The van der Waals surface area contributed by atoms with Crippen molar-refractivity contribution >= 4 is 5.78 Å². The summed E-state index contributed by atoms with van der Waals surface area (Å²) in [5.41, 5.74) is 0.222. The maximum Gasteiger partial charge on any atom is 0.145 e. The lowest BCUT2D eigenvalue weighted by Gasteiger charge is -2.67. The number of ketones is 1. The van der Waals surface area contributed by atoms with E-state index in [9.17, 15) is 0 Å². The van der Waals surface area contributed by atoms with Crippen LogP contribution in [0.4, 0.5) is 0 Å². The molecule has 0 heterocycles. The molecule has 0 aromatic rings. The zero-order chi connectivity index (χ0) is 20.5. The van der Waals surface area contributed by atoms with Crippen LogP contribution in [0.25, 0.3) is 0 Å². The average Bonchev–Trinajstić information content (AvgIpc) is 2.71. The molecule has 0 aromatic heterocycles. The van der Waals surface area contributed by atoms with Gasteiger partial charge in [0, 0.05) is 10.8 Å². The van der Waals surface area contributed by atoms with E-state index in [0.29, 0.717) is 0 Å². The molecule has 8 bridgehead atoms. The Morgan fingerprint density at radius 3 is 1.33 bits per heavy atom. The number of hydrogen-bond donors (Lipinski definition) is 0. The quantitative estimate of drug-likeness (QED) is 0.398. The monoisotopic (exact) mass is 410 g/mol. The zero-order valence-corrected chi connectivity index (χ0v) is 19.8. The van der Waals surface area contributed by atoms with Crippen LogP contribution in [-0.2, 0) is 4.79 Å². The molecule has 6 atom stereocenters. The lowest BCUT2D eigenvalue weighted by molar-refractivity contribution is -0.191. The lowest BCUT2D eigenvalue weighted by Crippen LogP contribution is -2.64. The van der Waals surface area contributed by atoms with Gasteiger partial charge < -0.3 is 0 Å². The third-order valence-electron chi connectivity index (χ3n) is 11.7. The summed E-state index contributed by atoms with van der Waals surface area (Å²) in [7, 11) is 0. The van der Waals surface area contributed by atoms with Crippen LogP contribution in [0.2, 0.25) is 0 Å². The Morgan fingerprint density at radius 1 is 0.633 bits per heavy atom. The summed E-state index contributed by atoms with van der Waals surface area (Å²) in [6.07, 6.45) is 22.1. The number of carbonyl (C=O) groups is 1. The minimum absolute atomic E-state index is 0.111. The SMILES string of the molecule is CCCCC1C2CC3CC(C2)CC1(C(=O)C12CC4CC(CC(C4)C1CCCC)C2)C3. The fourth-order valence-corrected chi connectivity index (χ4v) is 11.4. The van der Waals surface area contributed by atoms with E-state index in [2.05, 4.69) is 13.8 Å². The third kappa shape index (κ3) is 2.81. The molecule has 0 N–H and O–H groups in total. The molecule has 8 aliphatic rings. The van der Waals surface area contributed by atoms with Gasteiger partial charge in [-0.2, -0.15) is 0 Å². The molecule has 1 heteroatoms. The molecule has 8 aliphatic carbocycles. The van der Waals surface area contributed by atoms with Crippen molar-refractivity contribution in [2.75, 3.05) is 0 Å². The van der Waals surface area contributed by atoms with Gasteiger partial charge in [0.05, 0.1) is 0 Å². The van der Waals surface area contributed by atoms with Crippen molar-refractivity contribution < 1.29 is 4.79 Å². The molecular weight excluding hydrogens is 364 g/mol. The summed E-state index contributed by atoms with van der Waals surface area (Å²) in [5.74, 6) is 7.76. The highest BCUT2D eigenvalue weighted by Crippen LogP contribution is 2.71. The number of unbranched alkanes of at least 4 members (excludes halogenated alkanes) is 2. The predicted molar refractivity (Wildman–Crippen MR) is 123 cm³/mol. The first-order valence-corrected chi connectivity index (χ1v) is 14.1. The molecule has 0 spiro atoms. The molecule has 8 saturated carbocycles. The van der Waals surface area contributed by atoms with E-state index in [1.807, 2.05) is 0 Å². The minimum atomic E-state index is 0.111. The van der Waals surface area contributed by atoms with Gasteiger partial charge in [-0.3, -0.25) is 4.79 Å². The van der Waals surface area contributed by atoms with Gasteiger partial charge in [0.15, 0.2) is 0 Å². The second-order valence-electron chi connectivity index (χ2n) is 13.4. The van der Waals surface area contributed by atoms with Crippen LogP contribution in [-0.4, -0.2) is 5.78 Å². The highest BCUT2D eigenvalue weighted by atomic mass is 16.1. The van der Waals surface area contributed by atoms with Crippen molar-refractivity contribution in [2.24, 2.45) is 58.2 Å². The van der Waals surface area contributed by atoms with Gasteiger partial charge in [-0.05, 0) is 124 Å². The van der Waals surface area contributed by atoms with Crippen molar-refractivity contribution in [3.05, 3.63) is 0 Å². The summed E-state index contributed by atoms with van der Waals surface area (Å²) < 4.78 is 0. The topological polar surface area (TPSA) is 17.1 Å². The van der Waals surface area contributed by atoms with Crippen LogP contribution in [0, 0.1) is 58.2 Å². The van der Waals surface area contributed by atoms with E-state index in [4.69, 9.17) is 0 Å². The van der Waals surface area contributed by atoms with Crippen molar-refractivity contribution in [2.45, 2.75) is 117 Å². The second kappa shape index (κ2) is 7.34. The van der Waals surface area contributed by atoms with Gasteiger partial charge in [-0.15, -0.1) is 0 Å². The number of hydrogen-bond acceptors (Lipinski definition) is 1. The fraction of sp³-hybridized carbons (Fsp3) is 0.966. The first-order valence-electron chi connectivity index (χ1n) is 14.1. The average molecular weight is 411 g/mol. The van der Waals surface area contributed by atoms with Crippen LogP contribution in [0.15, 0.2) is 0 Å². The molecule has 0 radical (unpaired) electrons. The molecule has 8 rings (SSSR count). The number of carbonyl (C=O) groups excluding carboxylic acids is 1. The van der Waals surface area contributed by atoms with Crippen LogP contribution in [0.3, 0.4) is 0 Å². The maximum absolute atomic E-state index is 15.1. The van der Waals surface area contributed by atoms with Gasteiger partial charge in [-0.1, -0.05) is 39.5 Å². The number of rotatable bonds is 8. The van der Waals surface area contributed by atoms with Crippen molar-refractivity contribution in [3.8, 4) is 0 Å². The Bertz CT molecular complexity index is 594.